The standard InChI is InChI=1S/C30H40N8O6/c31-21-4-1-2-5-23(21)35-26-18-24-27(29(39)34-19-33-24)28(37-26)36-22-6-3-7-25-20(22)8-10-38(25)11-13-43-15-17-44-16-14-42-12-9-32-30(40)41/h3,6-8,10,18-19,21,23,32H,1-2,4-5,9,11-17,31H2,(H,40,41)(H,33,34,39)(H2,35,36,37)/t21-,23+/m0/s1. The van der Waals surface area contributed by atoms with Crippen molar-refractivity contribution in [1.82, 2.24) is 24.8 Å². The van der Waals surface area contributed by atoms with Crippen LogP contribution in [0.15, 0.2) is 47.7 Å². The first kappa shape index (κ1) is 31.2. The molecule has 0 aliphatic heterocycles. The number of H-pyrrole nitrogens is 1. The van der Waals surface area contributed by atoms with Crippen molar-refractivity contribution >= 4 is 45.2 Å². The van der Waals surface area contributed by atoms with Gasteiger partial charge in [-0.15, -0.1) is 0 Å². The van der Waals surface area contributed by atoms with Crippen molar-refractivity contribution in [2.45, 2.75) is 44.3 Å². The number of ether oxygens (including phenoxy) is 3. The summed E-state index contributed by atoms with van der Waals surface area (Å²) in [4.78, 5) is 35.1. The number of aromatic nitrogens is 4. The Kier molecular flexibility index (Phi) is 11.0. The number of anilines is 3. The van der Waals surface area contributed by atoms with Gasteiger partial charge in [0.25, 0.3) is 5.56 Å². The molecule has 2 atom stereocenters. The number of benzene rings is 1. The molecule has 44 heavy (non-hydrogen) atoms. The molecule has 1 fully saturated rings. The third kappa shape index (κ3) is 8.23. The molecule has 3 heterocycles. The molecule has 14 heteroatoms. The highest BCUT2D eigenvalue weighted by Gasteiger charge is 2.23. The SMILES string of the molecule is N[C@H]1CCCC[C@H]1Nc1cc2nc[nH]c(=O)c2c(Nc2cccc3c2ccn3CCOCCOCCOCCNC(=O)O)n1. The van der Waals surface area contributed by atoms with Crippen molar-refractivity contribution in [3.63, 3.8) is 0 Å². The van der Waals surface area contributed by atoms with Crippen molar-refractivity contribution in [3.05, 3.63) is 53.2 Å². The number of rotatable bonds is 16. The van der Waals surface area contributed by atoms with Gasteiger partial charge in [0, 0.05) is 48.5 Å². The number of nitrogens with one attached hydrogen (secondary N) is 4. The summed E-state index contributed by atoms with van der Waals surface area (Å²) in [6.07, 6.45) is 6.54. The Bertz CT molecular complexity index is 1590. The molecule has 0 radical (unpaired) electrons. The summed E-state index contributed by atoms with van der Waals surface area (Å²) in [6.45, 7) is 3.39. The van der Waals surface area contributed by atoms with E-state index in [1.807, 2.05) is 30.5 Å². The number of carbonyl (C=O) groups is 1. The van der Waals surface area contributed by atoms with Gasteiger partial charge >= 0.3 is 6.09 Å². The summed E-state index contributed by atoms with van der Waals surface area (Å²) in [6, 6.07) is 9.96. The largest absolute Gasteiger partial charge is 0.465 e. The van der Waals surface area contributed by atoms with Crippen LogP contribution in [0.3, 0.4) is 0 Å². The number of hydrogen-bond donors (Lipinski definition) is 6. The van der Waals surface area contributed by atoms with E-state index in [1.54, 1.807) is 6.07 Å². The van der Waals surface area contributed by atoms with E-state index in [0.717, 1.165) is 42.3 Å². The topological polar surface area (TPSA) is 191 Å². The maximum absolute atomic E-state index is 12.8. The first-order chi connectivity index (χ1) is 21.5. The molecule has 0 unspecified atom stereocenters. The monoisotopic (exact) mass is 608 g/mol. The quantitative estimate of drug-likeness (QED) is 0.103. The van der Waals surface area contributed by atoms with Gasteiger partial charge in [0.15, 0.2) is 0 Å². The van der Waals surface area contributed by atoms with E-state index in [4.69, 9.17) is 30.0 Å². The minimum Gasteiger partial charge on any atom is -0.465 e. The Hall–Kier alpha value is -4.24. The summed E-state index contributed by atoms with van der Waals surface area (Å²) >= 11 is 0. The highest BCUT2D eigenvalue weighted by Crippen LogP contribution is 2.30. The van der Waals surface area contributed by atoms with Crippen LogP contribution in [0.4, 0.5) is 22.1 Å². The maximum atomic E-state index is 12.8. The minimum absolute atomic E-state index is 0.0513. The molecule has 1 amide bonds. The highest BCUT2D eigenvalue weighted by molar-refractivity contribution is 5.98. The van der Waals surface area contributed by atoms with Gasteiger partial charge in [-0.3, -0.25) is 4.79 Å². The lowest BCUT2D eigenvalue weighted by atomic mass is 9.91. The van der Waals surface area contributed by atoms with Crippen molar-refractivity contribution in [2.24, 2.45) is 5.73 Å². The van der Waals surface area contributed by atoms with Crippen LogP contribution in [0, 0.1) is 0 Å². The molecule has 0 bridgehead atoms. The summed E-state index contributed by atoms with van der Waals surface area (Å²) < 4.78 is 18.6. The molecule has 5 rings (SSSR count). The Morgan fingerprint density at radius 1 is 1.07 bits per heavy atom. The van der Waals surface area contributed by atoms with Gasteiger partial charge in [0.1, 0.15) is 17.0 Å². The number of nitrogens with two attached hydrogens (primary N) is 1. The number of pyridine rings is 1. The lowest BCUT2D eigenvalue weighted by Gasteiger charge is -2.29. The van der Waals surface area contributed by atoms with E-state index in [2.05, 4.69) is 30.5 Å². The molecule has 1 aromatic carbocycles. The average molecular weight is 609 g/mol. The summed E-state index contributed by atoms with van der Waals surface area (Å²) in [5.41, 5.74) is 8.49. The fourth-order valence-corrected chi connectivity index (χ4v) is 5.37. The highest BCUT2D eigenvalue weighted by atomic mass is 16.5. The number of carboxylic acid groups (broad SMARTS) is 1. The van der Waals surface area contributed by atoms with Crippen LogP contribution < -0.4 is 27.2 Å². The van der Waals surface area contributed by atoms with Crippen LogP contribution in [0.5, 0.6) is 0 Å². The first-order valence-electron chi connectivity index (χ1n) is 14.9. The molecule has 0 saturated heterocycles. The van der Waals surface area contributed by atoms with E-state index in [1.165, 1.54) is 6.33 Å². The van der Waals surface area contributed by atoms with E-state index in [-0.39, 0.29) is 24.2 Å². The van der Waals surface area contributed by atoms with Gasteiger partial charge in [0.05, 0.1) is 57.0 Å². The first-order valence-corrected chi connectivity index (χ1v) is 14.9. The third-order valence-electron chi connectivity index (χ3n) is 7.59. The normalized spacial score (nSPS) is 16.8. The van der Waals surface area contributed by atoms with Gasteiger partial charge < -0.3 is 50.6 Å². The number of fused-ring (bicyclic) bond motifs is 2. The Morgan fingerprint density at radius 2 is 1.84 bits per heavy atom. The van der Waals surface area contributed by atoms with Gasteiger partial charge in [-0.25, -0.2) is 14.8 Å². The molecule has 7 N–H and O–H groups in total. The molecule has 14 nitrogen and oxygen atoms in total. The van der Waals surface area contributed by atoms with Crippen molar-refractivity contribution in [1.29, 1.82) is 0 Å². The van der Waals surface area contributed by atoms with E-state index >= 15 is 0 Å². The molecular formula is C30H40N8O6. The molecule has 1 aliphatic carbocycles. The second-order valence-electron chi connectivity index (χ2n) is 10.6. The van der Waals surface area contributed by atoms with Crippen LogP contribution in [0.25, 0.3) is 21.8 Å². The number of hydrogen-bond acceptors (Lipinski definition) is 10. The molecular weight excluding hydrogens is 568 g/mol. The van der Waals surface area contributed by atoms with Gasteiger partial charge in [-0.1, -0.05) is 18.9 Å². The second kappa shape index (κ2) is 15.5. The van der Waals surface area contributed by atoms with Crippen LogP contribution in [-0.4, -0.2) is 89.0 Å². The van der Waals surface area contributed by atoms with Crippen LogP contribution in [0.2, 0.25) is 0 Å². The van der Waals surface area contributed by atoms with E-state index < -0.39 is 6.09 Å². The maximum Gasteiger partial charge on any atom is 0.404 e. The summed E-state index contributed by atoms with van der Waals surface area (Å²) in [5.74, 6) is 1.06. The number of nitrogens with zero attached hydrogens (tertiary/aromatic N) is 3. The minimum atomic E-state index is -1.07. The zero-order chi connectivity index (χ0) is 30.7. The molecule has 0 spiro atoms. The smallest absolute Gasteiger partial charge is 0.404 e. The third-order valence-corrected chi connectivity index (χ3v) is 7.59. The lowest BCUT2D eigenvalue weighted by Crippen LogP contribution is -2.42. The van der Waals surface area contributed by atoms with Crippen LogP contribution >= 0.6 is 0 Å². The molecule has 1 saturated carbocycles. The van der Waals surface area contributed by atoms with Crippen molar-refractivity contribution in [3.8, 4) is 0 Å². The van der Waals surface area contributed by atoms with E-state index in [9.17, 15) is 9.59 Å². The fraction of sp³-hybridized carbons (Fsp3) is 0.467. The summed E-state index contributed by atoms with van der Waals surface area (Å²) in [5, 5.41) is 19.0. The summed E-state index contributed by atoms with van der Waals surface area (Å²) in [7, 11) is 0. The van der Waals surface area contributed by atoms with Crippen molar-refractivity contribution in [2.75, 3.05) is 56.8 Å². The second-order valence-corrected chi connectivity index (χ2v) is 10.6. The van der Waals surface area contributed by atoms with Crippen molar-refractivity contribution < 1.29 is 24.1 Å². The molecule has 3 aromatic heterocycles. The lowest BCUT2D eigenvalue weighted by molar-refractivity contribution is 0.0139. The molecule has 236 valence electrons. The average Bonchev–Trinajstić information content (AvgIpc) is 3.42. The Labute approximate surface area is 254 Å². The van der Waals surface area contributed by atoms with Gasteiger partial charge in [0.2, 0.25) is 0 Å². The molecule has 1 aliphatic rings. The van der Waals surface area contributed by atoms with Gasteiger partial charge in [-0.05, 0) is 31.0 Å². The Balaban J connectivity index is 1.18. The zero-order valence-corrected chi connectivity index (χ0v) is 24.6. The van der Waals surface area contributed by atoms with Gasteiger partial charge in [-0.2, -0.15) is 0 Å². The molecule has 4 aromatic rings. The van der Waals surface area contributed by atoms with E-state index in [0.29, 0.717) is 68.7 Å². The Morgan fingerprint density at radius 3 is 2.64 bits per heavy atom. The number of aromatic amines is 1. The predicted octanol–water partition coefficient (Wildman–Crippen LogP) is 3.02. The van der Waals surface area contributed by atoms with Crippen LogP contribution in [-0.2, 0) is 20.8 Å². The fourth-order valence-electron chi connectivity index (χ4n) is 5.37. The predicted molar refractivity (Wildman–Crippen MR) is 168 cm³/mol. The number of amides is 1. The zero-order valence-electron chi connectivity index (χ0n) is 24.6. The van der Waals surface area contributed by atoms with Crippen LogP contribution in [0.1, 0.15) is 25.7 Å².